The van der Waals surface area contributed by atoms with E-state index in [1.807, 2.05) is 4.90 Å². The largest absolute Gasteiger partial charge is 0.395 e. The number of nitrogens with zero attached hydrogens (tertiary/aromatic N) is 3. The number of carbonyl (C=O) groups excluding carboxylic acids is 2. The molecule has 152 valence electrons. The van der Waals surface area contributed by atoms with Crippen molar-refractivity contribution >= 4 is 11.8 Å². The molecule has 2 saturated heterocycles. The maximum absolute atomic E-state index is 13.0. The van der Waals surface area contributed by atoms with Crippen LogP contribution in [0.25, 0.3) is 0 Å². The van der Waals surface area contributed by atoms with Gasteiger partial charge in [-0.05, 0) is 36.8 Å². The summed E-state index contributed by atoms with van der Waals surface area (Å²) in [5, 5.41) is 9.25. The molecule has 1 aromatic carbocycles. The van der Waals surface area contributed by atoms with Gasteiger partial charge in [0.2, 0.25) is 11.8 Å². The first-order valence-corrected chi connectivity index (χ1v) is 10.5. The fourth-order valence-electron chi connectivity index (χ4n) is 5.16. The highest BCUT2D eigenvalue weighted by Crippen LogP contribution is 2.38. The zero-order valence-electron chi connectivity index (χ0n) is 16.6. The number of carbonyl (C=O) groups is 2. The number of rotatable bonds is 4. The highest BCUT2D eigenvalue weighted by atomic mass is 16.3. The summed E-state index contributed by atoms with van der Waals surface area (Å²) in [6, 6.07) is 8.50. The number of benzene rings is 1. The second-order valence-corrected chi connectivity index (χ2v) is 8.69. The normalized spacial score (nSPS) is 25.8. The predicted octanol–water partition coefficient (Wildman–Crippen LogP) is 1.27. The smallest absolute Gasteiger partial charge is 0.236 e. The number of hydrogen-bond acceptors (Lipinski definition) is 4. The summed E-state index contributed by atoms with van der Waals surface area (Å²) in [5.74, 6) is 0.346. The van der Waals surface area contributed by atoms with E-state index in [9.17, 15) is 14.7 Å². The van der Waals surface area contributed by atoms with Crippen LogP contribution >= 0.6 is 0 Å². The first-order chi connectivity index (χ1) is 13.6. The van der Waals surface area contributed by atoms with Gasteiger partial charge in [0.15, 0.2) is 0 Å². The molecule has 2 amide bonds. The zero-order valence-corrected chi connectivity index (χ0v) is 16.6. The molecule has 3 aliphatic rings. The van der Waals surface area contributed by atoms with Crippen LogP contribution in [0.2, 0.25) is 0 Å². The Morgan fingerprint density at radius 1 is 1.07 bits per heavy atom. The lowest BCUT2D eigenvalue weighted by molar-refractivity contribution is -0.144. The number of piperidine rings is 2. The number of hydrogen-bond donors (Lipinski definition) is 1. The minimum atomic E-state index is 0.000892. The molecule has 0 radical (unpaired) electrons. The standard InChI is InChI=1S/C22H31N3O3/c26-13-12-25-17-22(9-6-20(25)27)8-3-10-24(16-22)21(28)15-23-11-7-18-4-1-2-5-19(18)14-23/h1-2,4-5,26H,3,6-17H2/t22-/m1/s1. The van der Waals surface area contributed by atoms with E-state index < -0.39 is 0 Å². The van der Waals surface area contributed by atoms with Gasteiger partial charge in [-0.25, -0.2) is 0 Å². The van der Waals surface area contributed by atoms with E-state index in [2.05, 4.69) is 29.2 Å². The van der Waals surface area contributed by atoms with Gasteiger partial charge in [0.1, 0.15) is 0 Å². The minimum absolute atomic E-state index is 0.000892. The fraction of sp³-hybridized carbons (Fsp3) is 0.636. The van der Waals surface area contributed by atoms with Gasteiger partial charge >= 0.3 is 0 Å². The Labute approximate surface area is 167 Å². The molecular weight excluding hydrogens is 354 g/mol. The van der Waals surface area contributed by atoms with Crippen LogP contribution in [-0.4, -0.2) is 77.5 Å². The highest BCUT2D eigenvalue weighted by Gasteiger charge is 2.42. The van der Waals surface area contributed by atoms with E-state index in [1.165, 1.54) is 11.1 Å². The van der Waals surface area contributed by atoms with Gasteiger partial charge in [-0.3, -0.25) is 14.5 Å². The number of fused-ring (bicyclic) bond motifs is 1. The molecule has 1 N–H and O–H groups in total. The summed E-state index contributed by atoms with van der Waals surface area (Å²) < 4.78 is 0. The zero-order chi connectivity index (χ0) is 19.6. The van der Waals surface area contributed by atoms with Gasteiger partial charge < -0.3 is 14.9 Å². The summed E-state index contributed by atoms with van der Waals surface area (Å²) in [5.41, 5.74) is 2.74. The molecule has 3 heterocycles. The number of likely N-dealkylation sites (tertiary alicyclic amines) is 2. The molecule has 0 aromatic heterocycles. The van der Waals surface area contributed by atoms with Gasteiger partial charge in [-0.2, -0.15) is 0 Å². The number of amides is 2. The average Bonchev–Trinajstić information content (AvgIpc) is 2.71. The van der Waals surface area contributed by atoms with E-state index in [-0.39, 0.29) is 23.8 Å². The van der Waals surface area contributed by atoms with E-state index in [0.29, 0.717) is 26.1 Å². The monoisotopic (exact) mass is 385 g/mol. The fourth-order valence-corrected chi connectivity index (χ4v) is 5.16. The number of aliphatic hydroxyl groups excluding tert-OH is 1. The third-order valence-electron chi connectivity index (χ3n) is 6.70. The molecular formula is C22H31N3O3. The van der Waals surface area contributed by atoms with Crippen molar-refractivity contribution in [3.63, 3.8) is 0 Å². The van der Waals surface area contributed by atoms with Crippen molar-refractivity contribution in [2.24, 2.45) is 5.41 Å². The van der Waals surface area contributed by atoms with Crippen LogP contribution in [0.3, 0.4) is 0 Å². The second kappa shape index (κ2) is 8.21. The van der Waals surface area contributed by atoms with Crippen molar-refractivity contribution in [3.05, 3.63) is 35.4 Å². The lowest BCUT2D eigenvalue weighted by atomic mass is 9.73. The molecule has 1 atom stereocenters. The summed E-state index contributed by atoms with van der Waals surface area (Å²) in [6.07, 6.45) is 4.45. The lowest BCUT2D eigenvalue weighted by Gasteiger charge is -2.48. The molecule has 6 nitrogen and oxygen atoms in total. The summed E-state index contributed by atoms with van der Waals surface area (Å²) >= 11 is 0. The Kier molecular flexibility index (Phi) is 5.69. The Hall–Kier alpha value is -1.92. The van der Waals surface area contributed by atoms with Gasteiger partial charge in [0.25, 0.3) is 0 Å². The SMILES string of the molecule is O=C1CC[C@@]2(CCCN(C(=O)CN3CCc4ccccc4C3)C2)CN1CCO. The van der Waals surface area contributed by atoms with Crippen molar-refractivity contribution in [2.75, 3.05) is 45.9 Å². The Morgan fingerprint density at radius 3 is 2.71 bits per heavy atom. The van der Waals surface area contributed by atoms with Crippen molar-refractivity contribution in [1.82, 2.24) is 14.7 Å². The number of aliphatic hydroxyl groups is 1. The van der Waals surface area contributed by atoms with E-state index >= 15 is 0 Å². The molecule has 3 aliphatic heterocycles. The van der Waals surface area contributed by atoms with E-state index in [4.69, 9.17) is 0 Å². The van der Waals surface area contributed by atoms with Gasteiger partial charge in [0.05, 0.1) is 13.2 Å². The summed E-state index contributed by atoms with van der Waals surface area (Å²) in [7, 11) is 0. The molecule has 0 unspecified atom stereocenters. The van der Waals surface area contributed by atoms with Crippen molar-refractivity contribution in [2.45, 2.75) is 38.6 Å². The van der Waals surface area contributed by atoms with Crippen molar-refractivity contribution in [3.8, 4) is 0 Å². The summed E-state index contributed by atoms with van der Waals surface area (Å²) in [4.78, 5) is 31.2. The average molecular weight is 386 g/mol. The third kappa shape index (κ3) is 4.08. The predicted molar refractivity (Wildman–Crippen MR) is 107 cm³/mol. The van der Waals surface area contributed by atoms with Crippen LogP contribution in [-0.2, 0) is 22.6 Å². The first-order valence-electron chi connectivity index (χ1n) is 10.5. The van der Waals surface area contributed by atoms with Crippen LogP contribution in [0, 0.1) is 5.41 Å². The Balaban J connectivity index is 1.37. The van der Waals surface area contributed by atoms with Gasteiger partial charge in [-0.15, -0.1) is 0 Å². The van der Waals surface area contributed by atoms with Crippen LogP contribution in [0.1, 0.15) is 36.8 Å². The van der Waals surface area contributed by atoms with Crippen LogP contribution in [0.4, 0.5) is 0 Å². The molecule has 4 rings (SSSR count). The van der Waals surface area contributed by atoms with Gasteiger partial charge in [0, 0.05) is 51.1 Å². The van der Waals surface area contributed by atoms with Crippen molar-refractivity contribution in [1.29, 1.82) is 0 Å². The van der Waals surface area contributed by atoms with E-state index in [0.717, 1.165) is 51.9 Å². The molecule has 1 aromatic rings. The van der Waals surface area contributed by atoms with Crippen LogP contribution < -0.4 is 0 Å². The second-order valence-electron chi connectivity index (χ2n) is 8.69. The summed E-state index contributed by atoms with van der Waals surface area (Å²) in [6.45, 7) is 4.89. The minimum Gasteiger partial charge on any atom is -0.395 e. The number of β-amino-alcohol motifs (C(OH)–C–C–N with tert-alkyl or cyclic N) is 1. The lowest BCUT2D eigenvalue weighted by Crippen LogP contribution is -2.56. The topological polar surface area (TPSA) is 64.1 Å². The van der Waals surface area contributed by atoms with E-state index in [1.54, 1.807) is 4.90 Å². The molecule has 0 saturated carbocycles. The molecule has 28 heavy (non-hydrogen) atoms. The highest BCUT2D eigenvalue weighted by molar-refractivity contribution is 5.79. The maximum atomic E-state index is 13.0. The molecule has 1 spiro atoms. The molecule has 0 bridgehead atoms. The Bertz CT molecular complexity index is 737. The quantitative estimate of drug-likeness (QED) is 0.848. The van der Waals surface area contributed by atoms with Crippen LogP contribution in [0.5, 0.6) is 0 Å². The van der Waals surface area contributed by atoms with Crippen LogP contribution in [0.15, 0.2) is 24.3 Å². The molecule has 0 aliphatic carbocycles. The third-order valence-corrected chi connectivity index (χ3v) is 6.70. The molecule has 2 fully saturated rings. The van der Waals surface area contributed by atoms with Crippen molar-refractivity contribution < 1.29 is 14.7 Å². The first kappa shape index (κ1) is 19.4. The molecule has 6 heteroatoms. The maximum Gasteiger partial charge on any atom is 0.236 e. The Morgan fingerprint density at radius 2 is 1.89 bits per heavy atom. The van der Waals surface area contributed by atoms with Gasteiger partial charge in [-0.1, -0.05) is 24.3 Å².